The summed E-state index contributed by atoms with van der Waals surface area (Å²) in [6.45, 7) is 0. The summed E-state index contributed by atoms with van der Waals surface area (Å²) >= 11 is 2.06. The van der Waals surface area contributed by atoms with Gasteiger partial charge in [0.25, 0.3) is 0 Å². The van der Waals surface area contributed by atoms with Crippen LogP contribution in [0.4, 0.5) is 0 Å². The molecule has 0 heterocycles. The normalized spacial score (nSPS) is 11.4. The van der Waals surface area contributed by atoms with Gasteiger partial charge in [-0.15, -0.1) is 0 Å². The van der Waals surface area contributed by atoms with Crippen molar-refractivity contribution >= 4 is 30.1 Å². The monoisotopic (exact) mass is 231 g/mol. The average molecular weight is 231 g/mol. The van der Waals surface area contributed by atoms with Crippen molar-refractivity contribution in [3.63, 3.8) is 0 Å². The van der Waals surface area contributed by atoms with Crippen LogP contribution in [0.15, 0.2) is 11.2 Å². The van der Waals surface area contributed by atoms with E-state index in [1.165, 1.54) is 15.1 Å². The SMILES string of the molecule is NN/C=C(\N)SI. The fourth-order valence-corrected chi connectivity index (χ4v) is 0.598. The van der Waals surface area contributed by atoms with Crippen molar-refractivity contribution in [3.8, 4) is 0 Å². The lowest BCUT2D eigenvalue weighted by atomic mass is 10.9. The number of rotatable bonds is 2. The number of hydrogen-bond donors (Lipinski definition) is 3. The van der Waals surface area contributed by atoms with Gasteiger partial charge >= 0.3 is 0 Å². The third kappa shape index (κ3) is 4.23. The molecule has 42 valence electrons. The second-order valence-corrected chi connectivity index (χ2v) is 2.74. The van der Waals surface area contributed by atoms with E-state index >= 15 is 0 Å². The molecule has 0 spiro atoms. The van der Waals surface area contributed by atoms with Gasteiger partial charge in [0.2, 0.25) is 0 Å². The van der Waals surface area contributed by atoms with Crippen LogP contribution in [0.1, 0.15) is 0 Å². The molecule has 7 heavy (non-hydrogen) atoms. The van der Waals surface area contributed by atoms with Gasteiger partial charge in [-0.2, -0.15) is 0 Å². The summed E-state index contributed by atoms with van der Waals surface area (Å²) in [5, 5.41) is 0.670. The van der Waals surface area contributed by atoms with Crippen molar-refractivity contribution in [3.05, 3.63) is 11.2 Å². The molecule has 0 aliphatic rings. The zero-order chi connectivity index (χ0) is 5.70. The number of nitrogens with one attached hydrogen (secondary N) is 1. The molecular formula is C2H6IN3S. The van der Waals surface area contributed by atoms with Crippen LogP contribution < -0.4 is 17.0 Å². The second-order valence-electron chi connectivity index (χ2n) is 0.791. The summed E-state index contributed by atoms with van der Waals surface area (Å²) in [5.74, 6) is 4.88. The van der Waals surface area contributed by atoms with Gasteiger partial charge in [-0.1, -0.05) is 0 Å². The van der Waals surface area contributed by atoms with Crippen LogP contribution in [0.5, 0.6) is 0 Å². The van der Waals surface area contributed by atoms with Gasteiger partial charge in [-0.05, 0) is 8.93 Å². The van der Waals surface area contributed by atoms with Gasteiger partial charge < -0.3 is 11.2 Å². The van der Waals surface area contributed by atoms with E-state index in [0.29, 0.717) is 5.03 Å². The largest absolute Gasteiger partial charge is 0.392 e. The summed E-state index contributed by atoms with van der Waals surface area (Å²) in [6.07, 6.45) is 1.52. The maximum absolute atomic E-state index is 5.26. The lowest BCUT2D eigenvalue weighted by molar-refractivity contribution is 0.960. The van der Waals surface area contributed by atoms with Crippen LogP contribution in [0.2, 0.25) is 0 Å². The van der Waals surface area contributed by atoms with Gasteiger partial charge in [0, 0.05) is 27.4 Å². The molecule has 0 fully saturated rings. The fraction of sp³-hybridized carbons (Fsp3) is 0. The number of halogens is 1. The number of hydrogen-bond acceptors (Lipinski definition) is 4. The Bertz CT molecular complexity index is 73.3. The van der Waals surface area contributed by atoms with Gasteiger partial charge in [-0.25, -0.2) is 0 Å². The number of hydrazine groups is 1. The van der Waals surface area contributed by atoms with Crippen LogP contribution in [-0.4, -0.2) is 0 Å². The standard InChI is InChI=1S/C2H6IN3S/c3-7-2(4)1-6-5/h1,6H,4-5H2/b2-1+. The van der Waals surface area contributed by atoms with E-state index in [9.17, 15) is 0 Å². The molecule has 0 bridgehead atoms. The van der Waals surface area contributed by atoms with E-state index in [4.69, 9.17) is 11.6 Å². The molecule has 5 N–H and O–H groups in total. The molecule has 0 unspecified atom stereocenters. The van der Waals surface area contributed by atoms with Gasteiger partial charge in [-0.3, -0.25) is 5.84 Å². The minimum atomic E-state index is 0.670. The topological polar surface area (TPSA) is 64.1 Å². The van der Waals surface area contributed by atoms with Crippen molar-refractivity contribution in [2.75, 3.05) is 0 Å². The number of nitrogens with two attached hydrogens (primary N) is 2. The van der Waals surface area contributed by atoms with E-state index in [2.05, 4.69) is 26.6 Å². The highest BCUT2D eigenvalue weighted by Gasteiger charge is 1.79. The van der Waals surface area contributed by atoms with Gasteiger partial charge in [0.1, 0.15) is 0 Å². The molecule has 3 nitrogen and oxygen atoms in total. The zero-order valence-electron chi connectivity index (χ0n) is 3.52. The van der Waals surface area contributed by atoms with Crippen molar-refractivity contribution in [2.24, 2.45) is 11.6 Å². The molecular weight excluding hydrogens is 225 g/mol. The third-order valence-electron chi connectivity index (χ3n) is 0.315. The molecule has 0 aromatic heterocycles. The Morgan fingerprint density at radius 2 is 2.43 bits per heavy atom. The molecule has 0 radical (unpaired) electrons. The zero-order valence-corrected chi connectivity index (χ0v) is 6.49. The second kappa shape index (κ2) is 4.54. The first kappa shape index (κ1) is 7.38. The predicted octanol–water partition coefficient (Wildman–Crippen LogP) is 0.291. The highest BCUT2D eigenvalue weighted by molar-refractivity contribution is 14.2. The maximum atomic E-state index is 5.26. The predicted molar refractivity (Wildman–Crippen MR) is 41.2 cm³/mol. The van der Waals surface area contributed by atoms with Gasteiger partial charge in [0.05, 0.1) is 5.03 Å². The van der Waals surface area contributed by atoms with E-state index in [-0.39, 0.29) is 0 Å². The van der Waals surface area contributed by atoms with E-state index in [1.807, 2.05) is 0 Å². The summed E-state index contributed by atoms with van der Waals surface area (Å²) in [6, 6.07) is 0. The minimum Gasteiger partial charge on any atom is -0.392 e. The highest BCUT2D eigenvalue weighted by atomic mass is 127. The molecule has 0 saturated heterocycles. The Morgan fingerprint density at radius 3 is 2.57 bits per heavy atom. The van der Waals surface area contributed by atoms with Crippen molar-refractivity contribution in [2.45, 2.75) is 0 Å². The molecule has 0 aliphatic heterocycles. The van der Waals surface area contributed by atoms with Crippen molar-refractivity contribution < 1.29 is 0 Å². The van der Waals surface area contributed by atoms with E-state index in [1.54, 1.807) is 0 Å². The molecule has 0 aromatic rings. The van der Waals surface area contributed by atoms with Crippen LogP contribution in [0.3, 0.4) is 0 Å². The van der Waals surface area contributed by atoms with Crippen LogP contribution >= 0.6 is 30.1 Å². The Morgan fingerprint density at radius 1 is 1.86 bits per heavy atom. The van der Waals surface area contributed by atoms with Gasteiger partial charge in [0.15, 0.2) is 0 Å². The lowest BCUT2D eigenvalue weighted by Gasteiger charge is -1.89. The highest BCUT2D eigenvalue weighted by Crippen LogP contribution is 2.16. The maximum Gasteiger partial charge on any atom is 0.0933 e. The quantitative estimate of drug-likeness (QED) is 0.363. The van der Waals surface area contributed by atoms with Crippen LogP contribution in [0.25, 0.3) is 0 Å². The summed E-state index contributed by atoms with van der Waals surface area (Å²) in [4.78, 5) is 0. The smallest absolute Gasteiger partial charge is 0.0933 e. The molecule has 5 heteroatoms. The van der Waals surface area contributed by atoms with Crippen LogP contribution in [0, 0.1) is 0 Å². The summed E-state index contributed by atoms with van der Waals surface area (Å²) < 4.78 is 0. The molecule has 0 amide bonds. The van der Waals surface area contributed by atoms with E-state index < -0.39 is 0 Å². The Labute approximate surface area is 58.4 Å². The first-order valence-electron chi connectivity index (χ1n) is 1.51. The third-order valence-corrected chi connectivity index (χ3v) is 2.14. The minimum absolute atomic E-state index is 0.670. The fourth-order valence-electron chi connectivity index (χ4n) is 0.104. The first-order valence-corrected chi connectivity index (χ1v) is 4.87. The summed E-state index contributed by atoms with van der Waals surface area (Å²) in [5.41, 5.74) is 7.56. The average Bonchev–Trinajstić information content (AvgIpc) is 1.68. The molecule has 0 rings (SSSR count). The Hall–Kier alpha value is 0.380. The summed E-state index contributed by atoms with van der Waals surface area (Å²) in [7, 11) is 1.42. The van der Waals surface area contributed by atoms with E-state index in [0.717, 1.165) is 0 Å². The van der Waals surface area contributed by atoms with Crippen molar-refractivity contribution in [1.29, 1.82) is 0 Å². The first-order chi connectivity index (χ1) is 3.31. The Kier molecular flexibility index (Phi) is 4.78. The molecule has 0 aromatic carbocycles. The molecule has 0 aliphatic carbocycles. The molecule has 0 atom stereocenters. The molecule has 0 saturated carbocycles. The lowest BCUT2D eigenvalue weighted by Crippen LogP contribution is -2.15. The van der Waals surface area contributed by atoms with Crippen LogP contribution in [-0.2, 0) is 0 Å². The van der Waals surface area contributed by atoms with Crippen molar-refractivity contribution in [1.82, 2.24) is 5.43 Å². The Balaban J connectivity index is 3.29.